The summed E-state index contributed by atoms with van der Waals surface area (Å²) in [6.45, 7) is 3.10. The SMILES string of the molecule is NC(=O)NC[C@H]1CCCCN1CCOc1ccc(Cl)cc1. The van der Waals surface area contributed by atoms with Crippen LogP contribution in [0.25, 0.3) is 0 Å². The Morgan fingerprint density at radius 2 is 2.14 bits per heavy atom. The molecule has 5 nitrogen and oxygen atoms in total. The molecule has 1 aromatic rings. The Kier molecular flexibility index (Phi) is 6.14. The number of amides is 2. The third kappa shape index (κ3) is 5.44. The number of piperidine rings is 1. The number of ether oxygens (including phenoxy) is 1. The van der Waals surface area contributed by atoms with E-state index in [2.05, 4.69) is 10.2 Å². The number of rotatable bonds is 6. The Labute approximate surface area is 130 Å². The molecule has 2 rings (SSSR count). The van der Waals surface area contributed by atoms with Crippen molar-refractivity contribution in [1.82, 2.24) is 10.2 Å². The fourth-order valence-corrected chi connectivity index (χ4v) is 2.74. The maximum absolute atomic E-state index is 10.8. The third-order valence-corrected chi connectivity index (χ3v) is 3.97. The van der Waals surface area contributed by atoms with Crippen LogP contribution in [0.3, 0.4) is 0 Å². The molecule has 6 heteroatoms. The molecule has 0 saturated carbocycles. The number of benzene rings is 1. The van der Waals surface area contributed by atoms with Crippen LogP contribution in [0.2, 0.25) is 5.02 Å². The van der Waals surface area contributed by atoms with Gasteiger partial charge in [0.1, 0.15) is 12.4 Å². The summed E-state index contributed by atoms with van der Waals surface area (Å²) >= 11 is 5.84. The van der Waals surface area contributed by atoms with Gasteiger partial charge in [-0.1, -0.05) is 18.0 Å². The molecule has 1 fully saturated rings. The number of urea groups is 1. The molecule has 1 aliphatic heterocycles. The first-order chi connectivity index (χ1) is 10.1. The summed E-state index contributed by atoms with van der Waals surface area (Å²) in [6, 6.07) is 7.25. The highest BCUT2D eigenvalue weighted by Gasteiger charge is 2.22. The molecule has 1 atom stereocenters. The Morgan fingerprint density at radius 1 is 1.38 bits per heavy atom. The monoisotopic (exact) mass is 311 g/mol. The van der Waals surface area contributed by atoms with E-state index in [-0.39, 0.29) is 0 Å². The number of hydrogen-bond donors (Lipinski definition) is 2. The fraction of sp³-hybridized carbons (Fsp3) is 0.533. The van der Waals surface area contributed by atoms with Gasteiger partial charge in [0.15, 0.2) is 0 Å². The molecule has 1 aromatic carbocycles. The van der Waals surface area contributed by atoms with Crippen molar-refractivity contribution in [2.45, 2.75) is 25.3 Å². The number of likely N-dealkylation sites (tertiary alicyclic amines) is 1. The Bertz CT molecular complexity index is 453. The predicted molar refractivity (Wildman–Crippen MR) is 83.7 cm³/mol. The molecule has 0 radical (unpaired) electrons. The number of carbonyl (C=O) groups excluding carboxylic acids is 1. The Balaban J connectivity index is 1.76. The van der Waals surface area contributed by atoms with Gasteiger partial charge in [-0.2, -0.15) is 0 Å². The molecule has 116 valence electrons. The summed E-state index contributed by atoms with van der Waals surface area (Å²) in [5, 5.41) is 3.41. The van der Waals surface area contributed by atoms with Crippen LogP contribution in [-0.4, -0.2) is 43.2 Å². The molecule has 2 amide bonds. The molecule has 1 aliphatic rings. The smallest absolute Gasteiger partial charge is 0.312 e. The van der Waals surface area contributed by atoms with Gasteiger partial charge in [0.2, 0.25) is 0 Å². The molecule has 0 spiro atoms. The van der Waals surface area contributed by atoms with Gasteiger partial charge in [0.25, 0.3) is 0 Å². The van der Waals surface area contributed by atoms with Crippen LogP contribution in [0, 0.1) is 0 Å². The summed E-state index contributed by atoms with van der Waals surface area (Å²) in [5.74, 6) is 0.822. The van der Waals surface area contributed by atoms with Gasteiger partial charge in [0.05, 0.1) is 0 Å². The van der Waals surface area contributed by atoms with Crippen molar-refractivity contribution in [1.29, 1.82) is 0 Å². The van der Waals surface area contributed by atoms with Crippen molar-refractivity contribution in [3.8, 4) is 5.75 Å². The number of primary amides is 1. The molecule has 1 saturated heterocycles. The summed E-state index contributed by atoms with van der Waals surface area (Å²) < 4.78 is 5.73. The van der Waals surface area contributed by atoms with Crippen molar-refractivity contribution in [3.63, 3.8) is 0 Å². The second kappa shape index (κ2) is 8.10. The second-order valence-corrected chi connectivity index (χ2v) is 5.67. The molecule has 0 bridgehead atoms. The van der Waals surface area contributed by atoms with Crippen molar-refractivity contribution in [2.75, 3.05) is 26.2 Å². The van der Waals surface area contributed by atoms with Crippen molar-refractivity contribution in [3.05, 3.63) is 29.3 Å². The van der Waals surface area contributed by atoms with Gasteiger partial charge in [-0.25, -0.2) is 4.79 Å². The summed E-state index contributed by atoms with van der Waals surface area (Å²) in [6.07, 6.45) is 3.47. The van der Waals surface area contributed by atoms with Crippen LogP contribution in [-0.2, 0) is 0 Å². The highest BCUT2D eigenvalue weighted by atomic mass is 35.5. The lowest BCUT2D eigenvalue weighted by molar-refractivity contribution is 0.123. The third-order valence-electron chi connectivity index (χ3n) is 3.72. The van der Waals surface area contributed by atoms with E-state index < -0.39 is 6.03 Å². The predicted octanol–water partition coefficient (Wildman–Crippen LogP) is 2.24. The lowest BCUT2D eigenvalue weighted by atomic mass is 10.0. The molecule has 0 aromatic heterocycles. The first-order valence-corrected chi connectivity index (χ1v) is 7.68. The molecule has 21 heavy (non-hydrogen) atoms. The van der Waals surface area contributed by atoms with Gasteiger partial charge in [-0.05, 0) is 43.7 Å². The van der Waals surface area contributed by atoms with Gasteiger partial charge in [0, 0.05) is 24.2 Å². The number of carbonyl (C=O) groups is 1. The van der Waals surface area contributed by atoms with Crippen LogP contribution in [0.1, 0.15) is 19.3 Å². The van der Waals surface area contributed by atoms with Crippen LogP contribution >= 0.6 is 11.6 Å². The molecule has 0 aliphatic carbocycles. The van der Waals surface area contributed by atoms with Crippen molar-refractivity contribution >= 4 is 17.6 Å². The maximum atomic E-state index is 10.8. The lowest BCUT2D eigenvalue weighted by Crippen LogP contribution is -2.48. The quantitative estimate of drug-likeness (QED) is 0.846. The van der Waals surface area contributed by atoms with Gasteiger partial charge in [-0.15, -0.1) is 0 Å². The van der Waals surface area contributed by atoms with E-state index in [0.29, 0.717) is 24.2 Å². The van der Waals surface area contributed by atoms with E-state index in [0.717, 1.165) is 25.3 Å². The zero-order chi connectivity index (χ0) is 15.1. The zero-order valence-electron chi connectivity index (χ0n) is 12.1. The first-order valence-electron chi connectivity index (χ1n) is 7.31. The lowest BCUT2D eigenvalue weighted by Gasteiger charge is -2.35. The minimum Gasteiger partial charge on any atom is -0.492 e. The van der Waals surface area contributed by atoms with Gasteiger partial charge >= 0.3 is 6.03 Å². The number of nitrogens with zero attached hydrogens (tertiary/aromatic N) is 1. The number of hydrogen-bond acceptors (Lipinski definition) is 3. The Hall–Kier alpha value is -1.46. The minimum absolute atomic E-state index is 0.347. The van der Waals surface area contributed by atoms with Crippen LogP contribution in [0.5, 0.6) is 5.75 Å². The van der Waals surface area contributed by atoms with E-state index in [1.54, 1.807) is 0 Å². The zero-order valence-corrected chi connectivity index (χ0v) is 12.8. The van der Waals surface area contributed by atoms with Gasteiger partial charge in [-0.3, -0.25) is 4.90 Å². The maximum Gasteiger partial charge on any atom is 0.312 e. The minimum atomic E-state index is -0.460. The number of nitrogens with two attached hydrogens (primary N) is 1. The summed E-state index contributed by atoms with van der Waals surface area (Å²) in [5.41, 5.74) is 5.14. The fourth-order valence-electron chi connectivity index (χ4n) is 2.62. The highest BCUT2D eigenvalue weighted by molar-refractivity contribution is 6.30. The van der Waals surface area contributed by atoms with E-state index >= 15 is 0 Å². The summed E-state index contributed by atoms with van der Waals surface area (Å²) in [4.78, 5) is 13.2. The van der Waals surface area contributed by atoms with Crippen LogP contribution in [0.15, 0.2) is 24.3 Å². The second-order valence-electron chi connectivity index (χ2n) is 5.23. The van der Waals surface area contributed by atoms with E-state index in [1.165, 1.54) is 12.8 Å². The van der Waals surface area contributed by atoms with Crippen LogP contribution in [0.4, 0.5) is 4.79 Å². The average Bonchev–Trinajstić information content (AvgIpc) is 2.48. The van der Waals surface area contributed by atoms with Crippen molar-refractivity contribution < 1.29 is 9.53 Å². The van der Waals surface area contributed by atoms with Crippen molar-refractivity contribution in [2.24, 2.45) is 5.73 Å². The average molecular weight is 312 g/mol. The first kappa shape index (κ1) is 15.9. The van der Waals surface area contributed by atoms with E-state index in [9.17, 15) is 4.79 Å². The molecular formula is C15H22ClN3O2. The molecule has 1 heterocycles. The number of nitrogens with one attached hydrogen (secondary N) is 1. The molecule has 0 unspecified atom stereocenters. The van der Waals surface area contributed by atoms with Crippen LogP contribution < -0.4 is 15.8 Å². The van der Waals surface area contributed by atoms with Gasteiger partial charge < -0.3 is 15.8 Å². The summed E-state index contributed by atoms with van der Waals surface area (Å²) in [7, 11) is 0. The normalized spacial score (nSPS) is 19.2. The highest BCUT2D eigenvalue weighted by Crippen LogP contribution is 2.18. The van der Waals surface area contributed by atoms with E-state index in [1.807, 2.05) is 24.3 Å². The van der Waals surface area contributed by atoms with E-state index in [4.69, 9.17) is 22.1 Å². The largest absolute Gasteiger partial charge is 0.492 e. The Morgan fingerprint density at radius 3 is 2.86 bits per heavy atom. The molecular weight excluding hydrogens is 290 g/mol. The number of halogens is 1. The standard InChI is InChI=1S/C15H22ClN3O2/c16-12-4-6-14(7-5-12)21-10-9-19-8-2-1-3-13(19)11-18-15(17)20/h4-7,13H,1-3,8-11H2,(H3,17,18,20)/t13-/m1/s1. The molecule has 3 N–H and O–H groups in total. The topological polar surface area (TPSA) is 67.6 Å².